The van der Waals surface area contributed by atoms with Gasteiger partial charge >= 0.3 is 0 Å². The van der Waals surface area contributed by atoms with E-state index < -0.39 is 0 Å². The predicted molar refractivity (Wildman–Crippen MR) is 76.2 cm³/mol. The third-order valence-corrected chi connectivity index (χ3v) is 3.08. The molecule has 1 aliphatic rings. The monoisotopic (exact) mass is 265 g/mol. The Bertz CT molecular complexity index is 422. The first-order valence-corrected chi connectivity index (χ1v) is 6.69. The van der Waals surface area contributed by atoms with Crippen LogP contribution in [0.4, 0.5) is 11.6 Å². The molecule has 106 valence electrons. The molecule has 0 amide bonds. The van der Waals surface area contributed by atoms with Crippen LogP contribution in [0, 0.1) is 0 Å². The van der Waals surface area contributed by atoms with Gasteiger partial charge in [0.05, 0.1) is 6.61 Å². The molecule has 2 rings (SSSR count). The number of ether oxygens (including phenoxy) is 1. The Morgan fingerprint density at radius 2 is 2.05 bits per heavy atom. The number of hydrogen-bond acceptors (Lipinski definition) is 6. The highest BCUT2D eigenvalue weighted by Gasteiger charge is 2.21. The van der Waals surface area contributed by atoms with Crippen LogP contribution in [0.1, 0.15) is 33.0 Å². The molecule has 6 heteroatoms. The summed E-state index contributed by atoms with van der Waals surface area (Å²) in [5.41, 5.74) is 2.52. The van der Waals surface area contributed by atoms with Gasteiger partial charge in [0.1, 0.15) is 17.5 Å². The minimum absolute atomic E-state index is 0.107. The molecule has 0 unspecified atom stereocenters. The van der Waals surface area contributed by atoms with Crippen LogP contribution in [0.25, 0.3) is 0 Å². The van der Waals surface area contributed by atoms with Gasteiger partial charge in [0, 0.05) is 31.2 Å². The van der Waals surface area contributed by atoms with Gasteiger partial charge in [0.25, 0.3) is 0 Å². The first-order chi connectivity index (χ1) is 9.00. The fraction of sp³-hybridized carbons (Fsp3) is 0.692. The highest BCUT2D eigenvalue weighted by molar-refractivity contribution is 5.49. The maximum Gasteiger partial charge on any atom is 0.145 e. The number of nitrogen functional groups attached to an aromatic ring is 1. The number of aromatic nitrogens is 2. The maximum absolute atomic E-state index is 5.51. The van der Waals surface area contributed by atoms with Gasteiger partial charge in [-0.2, -0.15) is 0 Å². The zero-order chi connectivity index (χ0) is 13.9. The SMILES string of the molecule is CC(C)(C)c1nc(NN)cc(N2CCCOCC2)n1. The van der Waals surface area contributed by atoms with Crippen LogP contribution in [0.5, 0.6) is 0 Å². The van der Waals surface area contributed by atoms with Crippen molar-refractivity contribution >= 4 is 11.6 Å². The molecule has 0 aliphatic carbocycles. The number of hydrazine groups is 1. The summed E-state index contributed by atoms with van der Waals surface area (Å²) < 4.78 is 5.47. The number of hydrogen-bond donors (Lipinski definition) is 2. The molecule has 1 fully saturated rings. The Hall–Kier alpha value is -1.40. The largest absolute Gasteiger partial charge is 0.380 e. The van der Waals surface area contributed by atoms with Crippen molar-refractivity contribution in [3.63, 3.8) is 0 Å². The molecule has 3 N–H and O–H groups in total. The number of nitrogens with two attached hydrogens (primary N) is 1. The van der Waals surface area contributed by atoms with Crippen molar-refractivity contribution in [1.29, 1.82) is 0 Å². The minimum atomic E-state index is -0.107. The lowest BCUT2D eigenvalue weighted by Crippen LogP contribution is -2.29. The van der Waals surface area contributed by atoms with Gasteiger partial charge in [-0.3, -0.25) is 0 Å². The lowest BCUT2D eigenvalue weighted by Gasteiger charge is -2.24. The van der Waals surface area contributed by atoms with Crippen molar-refractivity contribution in [3.05, 3.63) is 11.9 Å². The molecule has 1 aromatic heterocycles. The molecule has 0 bridgehead atoms. The minimum Gasteiger partial charge on any atom is -0.380 e. The zero-order valence-electron chi connectivity index (χ0n) is 11.9. The number of nitrogens with one attached hydrogen (secondary N) is 1. The predicted octanol–water partition coefficient (Wildman–Crippen LogP) is 1.29. The van der Waals surface area contributed by atoms with Gasteiger partial charge in [-0.1, -0.05) is 20.8 Å². The molecule has 6 nitrogen and oxygen atoms in total. The molecule has 2 heterocycles. The zero-order valence-corrected chi connectivity index (χ0v) is 11.9. The van der Waals surface area contributed by atoms with Crippen LogP contribution >= 0.6 is 0 Å². The Kier molecular flexibility index (Phi) is 4.21. The van der Waals surface area contributed by atoms with Gasteiger partial charge in [-0.15, -0.1) is 0 Å². The lowest BCUT2D eigenvalue weighted by molar-refractivity contribution is 0.152. The van der Waals surface area contributed by atoms with Crippen molar-refractivity contribution in [2.24, 2.45) is 5.84 Å². The van der Waals surface area contributed by atoms with Crippen molar-refractivity contribution < 1.29 is 4.74 Å². The summed E-state index contributed by atoms with van der Waals surface area (Å²) in [4.78, 5) is 11.3. The van der Waals surface area contributed by atoms with E-state index >= 15 is 0 Å². The maximum atomic E-state index is 5.51. The Balaban J connectivity index is 2.33. The van der Waals surface area contributed by atoms with E-state index in [-0.39, 0.29) is 5.41 Å². The van der Waals surface area contributed by atoms with Gasteiger partial charge < -0.3 is 15.1 Å². The average Bonchev–Trinajstić information content (AvgIpc) is 2.66. The summed E-state index contributed by atoms with van der Waals surface area (Å²) in [7, 11) is 0. The van der Waals surface area contributed by atoms with Gasteiger partial charge in [-0.25, -0.2) is 15.8 Å². The summed E-state index contributed by atoms with van der Waals surface area (Å²) in [6, 6.07) is 1.89. The third-order valence-electron chi connectivity index (χ3n) is 3.08. The van der Waals surface area contributed by atoms with Crippen LogP contribution in [0.3, 0.4) is 0 Å². The quantitative estimate of drug-likeness (QED) is 0.620. The smallest absolute Gasteiger partial charge is 0.145 e. The molecule has 0 atom stereocenters. The van der Waals surface area contributed by atoms with E-state index in [1.54, 1.807) is 0 Å². The number of nitrogens with zero attached hydrogens (tertiary/aromatic N) is 3. The summed E-state index contributed by atoms with van der Waals surface area (Å²) in [5, 5.41) is 0. The standard InChI is InChI=1S/C13H23N5O/c1-13(2,3)12-15-10(17-14)9-11(16-12)18-5-4-7-19-8-6-18/h9H,4-8,14H2,1-3H3,(H,15,16,17). The van der Waals surface area contributed by atoms with E-state index in [4.69, 9.17) is 10.6 Å². The molecule has 0 spiro atoms. The van der Waals surface area contributed by atoms with E-state index in [1.807, 2.05) is 6.07 Å². The lowest BCUT2D eigenvalue weighted by atomic mass is 9.96. The fourth-order valence-electron chi connectivity index (χ4n) is 1.98. The van der Waals surface area contributed by atoms with Crippen molar-refractivity contribution in [3.8, 4) is 0 Å². The summed E-state index contributed by atoms with van der Waals surface area (Å²) in [6.07, 6.45) is 1.01. The van der Waals surface area contributed by atoms with Crippen LogP contribution < -0.4 is 16.2 Å². The average molecular weight is 265 g/mol. The Morgan fingerprint density at radius 1 is 1.26 bits per heavy atom. The second-order valence-electron chi connectivity index (χ2n) is 5.78. The summed E-state index contributed by atoms with van der Waals surface area (Å²) in [6.45, 7) is 9.64. The van der Waals surface area contributed by atoms with Crippen LogP contribution in [-0.4, -0.2) is 36.3 Å². The van der Waals surface area contributed by atoms with E-state index in [0.717, 1.165) is 44.4 Å². The highest BCUT2D eigenvalue weighted by Crippen LogP contribution is 2.24. The highest BCUT2D eigenvalue weighted by atomic mass is 16.5. The van der Waals surface area contributed by atoms with Crippen molar-refractivity contribution in [2.75, 3.05) is 36.6 Å². The number of anilines is 2. The van der Waals surface area contributed by atoms with Crippen molar-refractivity contribution in [1.82, 2.24) is 9.97 Å². The first-order valence-electron chi connectivity index (χ1n) is 6.69. The van der Waals surface area contributed by atoms with Gasteiger partial charge in [0.2, 0.25) is 0 Å². The molecular formula is C13H23N5O. The second-order valence-corrected chi connectivity index (χ2v) is 5.78. The van der Waals surface area contributed by atoms with E-state index in [0.29, 0.717) is 5.82 Å². The molecule has 0 saturated carbocycles. The fourth-order valence-corrected chi connectivity index (χ4v) is 1.98. The third kappa shape index (κ3) is 3.54. The van der Waals surface area contributed by atoms with Crippen LogP contribution in [0.2, 0.25) is 0 Å². The second kappa shape index (κ2) is 5.71. The molecule has 1 saturated heterocycles. The normalized spacial score (nSPS) is 17.2. The molecular weight excluding hydrogens is 242 g/mol. The van der Waals surface area contributed by atoms with Gasteiger partial charge in [0.15, 0.2) is 0 Å². The van der Waals surface area contributed by atoms with Gasteiger partial charge in [-0.05, 0) is 6.42 Å². The Morgan fingerprint density at radius 3 is 2.74 bits per heavy atom. The van der Waals surface area contributed by atoms with E-state index in [2.05, 4.69) is 41.1 Å². The molecule has 1 aliphatic heterocycles. The molecule has 19 heavy (non-hydrogen) atoms. The van der Waals surface area contributed by atoms with Crippen molar-refractivity contribution in [2.45, 2.75) is 32.6 Å². The summed E-state index contributed by atoms with van der Waals surface area (Å²) in [5.74, 6) is 7.87. The molecule has 1 aromatic rings. The Labute approximate surface area is 114 Å². The van der Waals surface area contributed by atoms with E-state index in [9.17, 15) is 0 Å². The first kappa shape index (κ1) is 14.0. The van der Waals surface area contributed by atoms with Crippen LogP contribution in [-0.2, 0) is 10.2 Å². The number of rotatable bonds is 2. The summed E-state index contributed by atoms with van der Waals surface area (Å²) >= 11 is 0. The van der Waals surface area contributed by atoms with Crippen LogP contribution in [0.15, 0.2) is 6.07 Å². The topological polar surface area (TPSA) is 76.3 Å². The molecule has 0 aromatic carbocycles. The molecule has 0 radical (unpaired) electrons. The van der Waals surface area contributed by atoms with E-state index in [1.165, 1.54) is 0 Å².